The Balaban J connectivity index is 1.78. The van der Waals surface area contributed by atoms with Crippen molar-refractivity contribution in [3.8, 4) is 0 Å². The zero-order valence-corrected chi connectivity index (χ0v) is 15.1. The molecule has 2 heterocycles. The Hall–Kier alpha value is -1.55. The Morgan fingerprint density at radius 1 is 1.17 bits per heavy atom. The van der Waals surface area contributed by atoms with Gasteiger partial charge in [-0.2, -0.15) is 5.10 Å². The van der Waals surface area contributed by atoms with E-state index in [1.165, 1.54) is 42.5 Å². The molecule has 2 aromatic rings. The lowest BCUT2D eigenvalue weighted by atomic mass is 10.0. The van der Waals surface area contributed by atoms with Gasteiger partial charge in [0, 0.05) is 35.7 Å². The highest BCUT2D eigenvalue weighted by Crippen LogP contribution is 2.28. The van der Waals surface area contributed by atoms with Crippen molar-refractivity contribution in [3.05, 3.63) is 24.4 Å². The molecule has 1 aliphatic rings. The topological polar surface area (TPSA) is 33.1 Å². The van der Waals surface area contributed by atoms with Crippen molar-refractivity contribution < 1.29 is 0 Å². The van der Waals surface area contributed by atoms with Gasteiger partial charge >= 0.3 is 0 Å². The van der Waals surface area contributed by atoms with E-state index in [2.05, 4.69) is 67.7 Å². The summed E-state index contributed by atoms with van der Waals surface area (Å²) in [6.07, 6.45) is 4.39. The van der Waals surface area contributed by atoms with Gasteiger partial charge in [-0.3, -0.25) is 4.68 Å². The summed E-state index contributed by atoms with van der Waals surface area (Å²) in [6.45, 7) is 13.5. The van der Waals surface area contributed by atoms with Crippen LogP contribution in [0.25, 0.3) is 10.9 Å². The second-order valence-electron chi connectivity index (χ2n) is 8.10. The number of piperidine rings is 1. The maximum atomic E-state index is 4.70. The van der Waals surface area contributed by atoms with Gasteiger partial charge in [-0.05, 0) is 65.7 Å². The van der Waals surface area contributed by atoms with Crippen LogP contribution in [0.2, 0.25) is 0 Å². The zero-order chi connectivity index (χ0) is 16.6. The summed E-state index contributed by atoms with van der Waals surface area (Å²) in [4.78, 5) is 2.56. The fourth-order valence-electron chi connectivity index (χ4n) is 3.50. The van der Waals surface area contributed by atoms with E-state index in [9.17, 15) is 0 Å². The SMILES string of the molecule is CC(C)N1CCC(n2ncc3cc(NC(C)(C)C)ccc32)CC1. The molecule has 1 aromatic carbocycles. The first kappa shape index (κ1) is 16.3. The van der Waals surface area contributed by atoms with Gasteiger partial charge in [0.1, 0.15) is 0 Å². The molecule has 0 saturated carbocycles. The molecule has 0 radical (unpaired) electrons. The molecule has 1 fully saturated rings. The Bertz CT molecular complexity index is 658. The highest BCUT2D eigenvalue weighted by atomic mass is 15.3. The van der Waals surface area contributed by atoms with Crippen LogP contribution in [-0.2, 0) is 0 Å². The molecular weight excluding hydrogens is 284 g/mol. The predicted molar refractivity (Wildman–Crippen MR) is 98.1 cm³/mol. The van der Waals surface area contributed by atoms with E-state index < -0.39 is 0 Å². The fourth-order valence-corrected chi connectivity index (χ4v) is 3.50. The molecule has 0 atom stereocenters. The van der Waals surface area contributed by atoms with Crippen LogP contribution in [0.4, 0.5) is 5.69 Å². The van der Waals surface area contributed by atoms with E-state index >= 15 is 0 Å². The van der Waals surface area contributed by atoms with Crippen LogP contribution < -0.4 is 5.32 Å². The van der Waals surface area contributed by atoms with Gasteiger partial charge in [0.2, 0.25) is 0 Å². The molecular formula is C19H30N4. The van der Waals surface area contributed by atoms with Gasteiger partial charge < -0.3 is 10.2 Å². The lowest BCUT2D eigenvalue weighted by Crippen LogP contribution is -2.39. The summed E-state index contributed by atoms with van der Waals surface area (Å²) in [5.41, 5.74) is 2.50. The summed E-state index contributed by atoms with van der Waals surface area (Å²) in [7, 11) is 0. The minimum Gasteiger partial charge on any atom is -0.380 e. The normalized spacial score (nSPS) is 18.0. The molecule has 1 saturated heterocycles. The largest absolute Gasteiger partial charge is 0.380 e. The maximum Gasteiger partial charge on any atom is 0.0687 e. The van der Waals surface area contributed by atoms with E-state index in [0.29, 0.717) is 12.1 Å². The van der Waals surface area contributed by atoms with Crippen LogP contribution in [0, 0.1) is 0 Å². The van der Waals surface area contributed by atoms with E-state index in [1.807, 2.05) is 6.20 Å². The molecule has 1 N–H and O–H groups in total. The molecule has 4 heteroatoms. The number of likely N-dealkylation sites (tertiary alicyclic amines) is 1. The smallest absolute Gasteiger partial charge is 0.0687 e. The van der Waals surface area contributed by atoms with Crippen molar-refractivity contribution in [2.45, 2.75) is 65.1 Å². The molecule has 0 bridgehead atoms. The van der Waals surface area contributed by atoms with Gasteiger partial charge in [0.25, 0.3) is 0 Å². The molecule has 23 heavy (non-hydrogen) atoms. The number of benzene rings is 1. The number of hydrogen-bond acceptors (Lipinski definition) is 3. The average molecular weight is 314 g/mol. The van der Waals surface area contributed by atoms with E-state index in [0.717, 1.165) is 0 Å². The van der Waals surface area contributed by atoms with Gasteiger partial charge in [-0.1, -0.05) is 0 Å². The molecule has 126 valence electrons. The zero-order valence-electron chi connectivity index (χ0n) is 15.1. The van der Waals surface area contributed by atoms with Crippen molar-refractivity contribution in [2.24, 2.45) is 0 Å². The molecule has 0 unspecified atom stereocenters. The Morgan fingerprint density at radius 2 is 1.87 bits per heavy atom. The highest BCUT2D eigenvalue weighted by molar-refractivity contribution is 5.82. The third-order valence-corrected chi connectivity index (χ3v) is 4.69. The lowest BCUT2D eigenvalue weighted by molar-refractivity contribution is 0.149. The molecule has 0 amide bonds. The summed E-state index contributed by atoms with van der Waals surface area (Å²) in [5, 5.41) is 9.46. The number of nitrogens with zero attached hydrogens (tertiary/aromatic N) is 3. The van der Waals surface area contributed by atoms with Crippen LogP contribution in [0.1, 0.15) is 53.5 Å². The van der Waals surface area contributed by atoms with Crippen LogP contribution in [0.3, 0.4) is 0 Å². The first-order valence-electron chi connectivity index (χ1n) is 8.83. The summed E-state index contributed by atoms with van der Waals surface area (Å²) in [6, 6.07) is 7.79. The third-order valence-electron chi connectivity index (χ3n) is 4.69. The Labute approximate surface area is 139 Å². The highest BCUT2D eigenvalue weighted by Gasteiger charge is 2.23. The fraction of sp³-hybridized carbons (Fsp3) is 0.632. The van der Waals surface area contributed by atoms with Gasteiger partial charge in [0.15, 0.2) is 0 Å². The standard InChI is InChI=1S/C19H30N4/c1-14(2)22-10-8-17(9-11-22)23-18-7-6-16(21-19(3,4)5)12-15(18)13-20-23/h6-7,12-14,17,21H,8-11H2,1-5H3. The first-order valence-corrected chi connectivity index (χ1v) is 8.83. The van der Waals surface area contributed by atoms with Crippen LogP contribution >= 0.6 is 0 Å². The quantitative estimate of drug-likeness (QED) is 0.917. The van der Waals surface area contributed by atoms with Crippen molar-refractivity contribution in [2.75, 3.05) is 18.4 Å². The van der Waals surface area contributed by atoms with Gasteiger partial charge in [-0.25, -0.2) is 0 Å². The van der Waals surface area contributed by atoms with Crippen molar-refractivity contribution >= 4 is 16.6 Å². The second-order valence-corrected chi connectivity index (χ2v) is 8.10. The van der Waals surface area contributed by atoms with E-state index in [1.54, 1.807) is 0 Å². The Kier molecular flexibility index (Phi) is 4.37. The maximum absolute atomic E-state index is 4.70. The van der Waals surface area contributed by atoms with Crippen LogP contribution in [-0.4, -0.2) is 39.4 Å². The van der Waals surface area contributed by atoms with Crippen molar-refractivity contribution in [3.63, 3.8) is 0 Å². The average Bonchev–Trinajstić information content (AvgIpc) is 2.88. The number of fused-ring (bicyclic) bond motifs is 1. The lowest BCUT2D eigenvalue weighted by Gasteiger charge is -2.34. The van der Waals surface area contributed by atoms with Crippen molar-refractivity contribution in [1.29, 1.82) is 0 Å². The predicted octanol–water partition coefficient (Wildman–Crippen LogP) is 4.29. The molecule has 1 aliphatic heterocycles. The van der Waals surface area contributed by atoms with E-state index in [4.69, 9.17) is 5.10 Å². The summed E-state index contributed by atoms with van der Waals surface area (Å²) < 4.78 is 2.24. The number of anilines is 1. The van der Waals surface area contributed by atoms with Crippen LogP contribution in [0.15, 0.2) is 24.4 Å². The van der Waals surface area contributed by atoms with Gasteiger partial charge in [-0.15, -0.1) is 0 Å². The summed E-state index contributed by atoms with van der Waals surface area (Å²) >= 11 is 0. The van der Waals surface area contributed by atoms with Crippen LogP contribution in [0.5, 0.6) is 0 Å². The summed E-state index contributed by atoms with van der Waals surface area (Å²) in [5.74, 6) is 0. The molecule has 3 rings (SSSR count). The second kappa shape index (κ2) is 6.16. The monoisotopic (exact) mass is 314 g/mol. The Morgan fingerprint density at radius 3 is 2.48 bits per heavy atom. The third kappa shape index (κ3) is 3.69. The van der Waals surface area contributed by atoms with Gasteiger partial charge in [0.05, 0.1) is 17.8 Å². The minimum absolute atomic E-state index is 0.0767. The number of aromatic nitrogens is 2. The number of rotatable bonds is 3. The molecule has 4 nitrogen and oxygen atoms in total. The van der Waals surface area contributed by atoms with Crippen molar-refractivity contribution in [1.82, 2.24) is 14.7 Å². The molecule has 1 aromatic heterocycles. The molecule has 0 spiro atoms. The molecule has 0 aliphatic carbocycles. The van der Waals surface area contributed by atoms with E-state index in [-0.39, 0.29) is 5.54 Å². The number of nitrogens with one attached hydrogen (secondary N) is 1. The first-order chi connectivity index (χ1) is 10.8. The number of hydrogen-bond donors (Lipinski definition) is 1. The minimum atomic E-state index is 0.0767.